The molecule has 0 atom stereocenters. The van der Waals surface area contributed by atoms with Gasteiger partial charge in [-0.05, 0) is 36.1 Å². The normalized spacial score (nSPS) is 10.8. The summed E-state index contributed by atoms with van der Waals surface area (Å²) in [6.45, 7) is 4.25. The van der Waals surface area contributed by atoms with Crippen LogP contribution in [0.1, 0.15) is 35.3 Å². The van der Waals surface area contributed by atoms with E-state index in [2.05, 4.69) is 13.8 Å². The van der Waals surface area contributed by atoms with Crippen LogP contribution in [0.15, 0.2) is 42.5 Å². The van der Waals surface area contributed by atoms with Gasteiger partial charge in [0, 0.05) is 11.1 Å². The number of benzene rings is 2. The number of carbonyl (C=O) groups excluding carboxylic acids is 1. The van der Waals surface area contributed by atoms with Crippen LogP contribution in [0, 0.1) is 11.7 Å². The van der Waals surface area contributed by atoms with Crippen LogP contribution in [0.2, 0.25) is 0 Å². The second-order valence-electron chi connectivity index (χ2n) is 5.33. The minimum absolute atomic E-state index is 0.0910. The van der Waals surface area contributed by atoms with Crippen LogP contribution in [0.3, 0.4) is 0 Å². The zero-order chi connectivity index (χ0) is 14.7. The summed E-state index contributed by atoms with van der Waals surface area (Å²) >= 11 is 0. The molecule has 0 unspecified atom stereocenters. The highest BCUT2D eigenvalue weighted by Crippen LogP contribution is 2.20. The van der Waals surface area contributed by atoms with E-state index in [0.717, 1.165) is 12.0 Å². The standard InChI is InChI=1S/C17H18FNO/c1-11(2)9-12-5-3-6-13(10-12)17(20)14-7-4-8-15(18)16(14)19/h3-8,10-11H,9,19H2,1-2H3. The fourth-order valence-corrected chi connectivity index (χ4v) is 2.20. The molecule has 2 nitrogen and oxygen atoms in total. The van der Waals surface area contributed by atoms with Crippen LogP contribution in [0.5, 0.6) is 0 Å². The predicted octanol–water partition coefficient (Wildman–Crippen LogP) is 3.84. The first-order chi connectivity index (χ1) is 9.49. The molecule has 104 valence electrons. The molecule has 0 aliphatic carbocycles. The predicted molar refractivity (Wildman–Crippen MR) is 79.2 cm³/mol. The quantitative estimate of drug-likeness (QED) is 0.678. The lowest BCUT2D eigenvalue weighted by atomic mass is 9.96. The Kier molecular flexibility index (Phi) is 4.18. The molecule has 2 aromatic carbocycles. The van der Waals surface area contributed by atoms with Crippen molar-refractivity contribution in [2.24, 2.45) is 5.92 Å². The van der Waals surface area contributed by atoms with Crippen molar-refractivity contribution in [3.05, 3.63) is 65.0 Å². The van der Waals surface area contributed by atoms with E-state index in [4.69, 9.17) is 5.73 Å². The molecule has 0 spiro atoms. The van der Waals surface area contributed by atoms with Gasteiger partial charge in [0.1, 0.15) is 5.82 Å². The summed E-state index contributed by atoms with van der Waals surface area (Å²) < 4.78 is 13.4. The van der Waals surface area contributed by atoms with Crippen molar-refractivity contribution in [2.75, 3.05) is 5.73 Å². The van der Waals surface area contributed by atoms with Crippen molar-refractivity contribution in [1.29, 1.82) is 0 Å². The summed E-state index contributed by atoms with van der Waals surface area (Å²) in [6, 6.07) is 11.7. The Morgan fingerprint density at radius 2 is 1.90 bits per heavy atom. The average molecular weight is 271 g/mol. The molecule has 2 aromatic rings. The molecule has 0 aliphatic rings. The number of hydrogen-bond donors (Lipinski definition) is 1. The second-order valence-corrected chi connectivity index (χ2v) is 5.33. The number of carbonyl (C=O) groups is 1. The van der Waals surface area contributed by atoms with Crippen molar-refractivity contribution in [2.45, 2.75) is 20.3 Å². The fourth-order valence-electron chi connectivity index (χ4n) is 2.20. The van der Waals surface area contributed by atoms with E-state index in [1.54, 1.807) is 12.1 Å². The zero-order valence-corrected chi connectivity index (χ0v) is 11.7. The molecular formula is C17H18FNO. The first-order valence-electron chi connectivity index (χ1n) is 6.66. The molecule has 0 fully saturated rings. The summed E-state index contributed by atoms with van der Waals surface area (Å²) in [4.78, 5) is 12.4. The van der Waals surface area contributed by atoms with Crippen LogP contribution in [-0.2, 0) is 6.42 Å². The van der Waals surface area contributed by atoms with Gasteiger partial charge < -0.3 is 5.73 Å². The first kappa shape index (κ1) is 14.3. The number of ketones is 1. The van der Waals surface area contributed by atoms with Gasteiger partial charge in [-0.2, -0.15) is 0 Å². The molecule has 0 heterocycles. The van der Waals surface area contributed by atoms with E-state index >= 15 is 0 Å². The molecule has 2 rings (SSSR count). The maximum atomic E-state index is 13.4. The molecule has 2 N–H and O–H groups in total. The summed E-state index contributed by atoms with van der Waals surface area (Å²) in [5.74, 6) is -0.290. The van der Waals surface area contributed by atoms with Crippen LogP contribution in [-0.4, -0.2) is 5.78 Å². The number of anilines is 1. The van der Waals surface area contributed by atoms with Crippen molar-refractivity contribution in [1.82, 2.24) is 0 Å². The lowest BCUT2D eigenvalue weighted by molar-refractivity contribution is 0.103. The SMILES string of the molecule is CC(C)Cc1cccc(C(=O)c2cccc(F)c2N)c1. The lowest BCUT2D eigenvalue weighted by Gasteiger charge is -2.09. The first-order valence-corrected chi connectivity index (χ1v) is 6.66. The van der Waals surface area contributed by atoms with Gasteiger partial charge in [-0.25, -0.2) is 4.39 Å². The van der Waals surface area contributed by atoms with E-state index in [1.165, 1.54) is 12.1 Å². The number of nitrogen functional groups attached to an aromatic ring is 1. The number of hydrogen-bond acceptors (Lipinski definition) is 2. The highest BCUT2D eigenvalue weighted by Gasteiger charge is 2.15. The monoisotopic (exact) mass is 271 g/mol. The molecule has 3 heteroatoms. The Balaban J connectivity index is 2.36. The van der Waals surface area contributed by atoms with Crippen LogP contribution in [0.4, 0.5) is 10.1 Å². The Labute approximate surface area is 118 Å². The number of para-hydroxylation sites is 1. The van der Waals surface area contributed by atoms with Crippen molar-refractivity contribution in [3.8, 4) is 0 Å². The van der Waals surface area contributed by atoms with Gasteiger partial charge in [0.05, 0.1) is 5.69 Å². The van der Waals surface area contributed by atoms with E-state index in [-0.39, 0.29) is 17.0 Å². The lowest BCUT2D eigenvalue weighted by Crippen LogP contribution is -2.07. The molecule has 0 amide bonds. The fraction of sp³-hybridized carbons (Fsp3) is 0.235. The maximum Gasteiger partial charge on any atom is 0.195 e. The minimum atomic E-state index is -0.561. The number of halogens is 1. The second kappa shape index (κ2) is 5.87. The average Bonchev–Trinajstić information content (AvgIpc) is 2.41. The topological polar surface area (TPSA) is 43.1 Å². The van der Waals surface area contributed by atoms with E-state index in [9.17, 15) is 9.18 Å². The Morgan fingerprint density at radius 1 is 1.20 bits per heavy atom. The van der Waals surface area contributed by atoms with Crippen molar-refractivity contribution >= 4 is 11.5 Å². The molecule has 0 aliphatic heterocycles. The molecular weight excluding hydrogens is 253 g/mol. The number of nitrogens with two attached hydrogens (primary N) is 1. The Hall–Kier alpha value is -2.16. The van der Waals surface area contributed by atoms with Gasteiger partial charge in [0.2, 0.25) is 0 Å². The van der Waals surface area contributed by atoms with Gasteiger partial charge in [0.15, 0.2) is 5.78 Å². The number of rotatable bonds is 4. The zero-order valence-electron chi connectivity index (χ0n) is 11.7. The largest absolute Gasteiger partial charge is 0.396 e. The summed E-state index contributed by atoms with van der Waals surface area (Å²) in [6.07, 6.45) is 0.903. The minimum Gasteiger partial charge on any atom is -0.396 e. The van der Waals surface area contributed by atoms with Gasteiger partial charge in [-0.15, -0.1) is 0 Å². The summed E-state index contributed by atoms with van der Waals surface area (Å²) in [5, 5.41) is 0. The Bertz CT molecular complexity index is 635. The van der Waals surface area contributed by atoms with Crippen LogP contribution < -0.4 is 5.73 Å². The Morgan fingerprint density at radius 3 is 2.60 bits per heavy atom. The maximum absolute atomic E-state index is 13.4. The van der Waals surface area contributed by atoms with E-state index in [0.29, 0.717) is 11.5 Å². The smallest absolute Gasteiger partial charge is 0.195 e. The third-order valence-corrected chi connectivity index (χ3v) is 3.13. The van der Waals surface area contributed by atoms with Gasteiger partial charge in [0.25, 0.3) is 0 Å². The summed E-state index contributed by atoms with van der Waals surface area (Å²) in [7, 11) is 0. The third kappa shape index (κ3) is 3.05. The van der Waals surface area contributed by atoms with Crippen molar-refractivity contribution in [3.63, 3.8) is 0 Å². The van der Waals surface area contributed by atoms with Gasteiger partial charge in [-0.3, -0.25) is 4.79 Å². The highest BCUT2D eigenvalue weighted by atomic mass is 19.1. The van der Waals surface area contributed by atoms with Crippen molar-refractivity contribution < 1.29 is 9.18 Å². The van der Waals surface area contributed by atoms with Gasteiger partial charge in [-0.1, -0.05) is 38.1 Å². The van der Waals surface area contributed by atoms with E-state index < -0.39 is 5.82 Å². The molecule has 0 bridgehead atoms. The molecule has 0 saturated carbocycles. The van der Waals surface area contributed by atoms with Crippen LogP contribution in [0.25, 0.3) is 0 Å². The molecule has 0 aromatic heterocycles. The molecule has 0 radical (unpaired) electrons. The van der Waals surface area contributed by atoms with Crippen LogP contribution >= 0.6 is 0 Å². The summed E-state index contributed by atoms with van der Waals surface area (Å²) in [5.41, 5.74) is 7.41. The van der Waals surface area contributed by atoms with Gasteiger partial charge >= 0.3 is 0 Å². The molecule has 0 saturated heterocycles. The molecule has 20 heavy (non-hydrogen) atoms. The third-order valence-electron chi connectivity index (χ3n) is 3.13. The van der Waals surface area contributed by atoms with E-state index in [1.807, 2.05) is 18.2 Å². The highest BCUT2D eigenvalue weighted by molar-refractivity contribution is 6.12.